The maximum atomic E-state index is 14.1. The van der Waals surface area contributed by atoms with Crippen molar-refractivity contribution in [1.82, 2.24) is 13.9 Å². The van der Waals surface area contributed by atoms with E-state index < -0.39 is 22.8 Å². The SMILES string of the molecule is C[N+](C=N)=C(N)CC1(c2cccc(-n3cc4c(C(F)(F)F)cc(CN5CCOCC5)cn4c3=O)c2)COC1. The van der Waals surface area contributed by atoms with Crippen LogP contribution in [-0.4, -0.2) is 77.2 Å². The molecule has 0 aliphatic carbocycles. The molecule has 3 N–H and O–H groups in total. The third-order valence-electron chi connectivity index (χ3n) is 7.30. The van der Waals surface area contributed by atoms with Gasteiger partial charge in [-0.1, -0.05) is 12.1 Å². The number of pyridine rings is 1. The number of halogens is 3. The van der Waals surface area contributed by atoms with E-state index in [0.717, 1.165) is 22.4 Å². The van der Waals surface area contributed by atoms with Gasteiger partial charge in [0.15, 0.2) is 5.84 Å². The number of alkyl halides is 3. The number of fused-ring (bicyclic) bond motifs is 1. The van der Waals surface area contributed by atoms with E-state index in [0.29, 0.717) is 69.6 Å². The zero-order valence-electron chi connectivity index (χ0n) is 21.0. The predicted octanol–water partition coefficient (Wildman–Crippen LogP) is 2.21. The smallest absolute Gasteiger partial charge is 0.379 e. The standard InChI is InChI=1S/C26H29F3N6O3/c1-32(17-30)23(31)11-25(15-38-16-25)19-3-2-4-20(10-19)34-14-22-21(26(27,28)29)9-18(13-35(22)24(34)36)12-33-5-7-37-8-6-33/h2-4,9-10,13-14,17,30-31H,5-8,11-12,15-16H2,1H3/p+1. The van der Waals surface area contributed by atoms with Crippen molar-refractivity contribution in [3.63, 3.8) is 0 Å². The maximum Gasteiger partial charge on any atom is 0.418 e. The molecule has 0 amide bonds. The van der Waals surface area contributed by atoms with Crippen molar-refractivity contribution >= 4 is 17.7 Å². The molecule has 38 heavy (non-hydrogen) atoms. The van der Waals surface area contributed by atoms with E-state index in [1.54, 1.807) is 25.2 Å². The summed E-state index contributed by atoms with van der Waals surface area (Å²) in [6, 6.07) is 8.28. The van der Waals surface area contributed by atoms with Crippen molar-refractivity contribution in [3.05, 3.63) is 69.9 Å². The molecule has 0 bridgehead atoms. The minimum atomic E-state index is -4.63. The van der Waals surface area contributed by atoms with Gasteiger partial charge in [-0.2, -0.15) is 18.6 Å². The lowest BCUT2D eigenvalue weighted by molar-refractivity contribution is -0.365. The molecule has 5 rings (SSSR count). The first-order valence-electron chi connectivity index (χ1n) is 12.3. The van der Waals surface area contributed by atoms with Crippen LogP contribution in [0.4, 0.5) is 13.2 Å². The maximum absolute atomic E-state index is 14.1. The molecular formula is C26H30F3N6O3+. The zero-order valence-corrected chi connectivity index (χ0v) is 21.0. The van der Waals surface area contributed by atoms with Gasteiger partial charge in [-0.3, -0.25) is 13.9 Å². The highest BCUT2D eigenvalue weighted by atomic mass is 19.4. The molecule has 3 aromatic rings. The predicted molar refractivity (Wildman–Crippen MR) is 135 cm³/mol. The number of imidazole rings is 1. The van der Waals surface area contributed by atoms with Crippen LogP contribution in [0.3, 0.4) is 0 Å². The molecule has 9 nitrogen and oxygen atoms in total. The summed E-state index contributed by atoms with van der Waals surface area (Å²) in [6.45, 7) is 3.37. The van der Waals surface area contributed by atoms with Crippen molar-refractivity contribution in [2.24, 2.45) is 5.73 Å². The number of benzene rings is 1. The van der Waals surface area contributed by atoms with E-state index in [9.17, 15) is 18.0 Å². The molecule has 2 aromatic heterocycles. The Morgan fingerprint density at radius 2 is 1.92 bits per heavy atom. The van der Waals surface area contributed by atoms with Crippen LogP contribution in [-0.2, 0) is 27.6 Å². The Morgan fingerprint density at radius 1 is 1.18 bits per heavy atom. The van der Waals surface area contributed by atoms with Crippen LogP contribution in [0.5, 0.6) is 0 Å². The van der Waals surface area contributed by atoms with Crippen LogP contribution in [0.1, 0.15) is 23.1 Å². The first-order chi connectivity index (χ1) is 18.1. The second-order valence-electron chi connectivity index (χ2n) is 9.92. The molecule has 0 unspecified atom stereocenters. The molecule has 1 aromatic carbocycles. The van der Waals surface area contributed by atoms with Gasteiger partial charge in [0.05, 0.1) is 55.7 Å². The number of nitrogens with zero attached hydrogens (tertiary/aromatic N) is 4. The molecule has 0 spiro atoms. The van der Waals surface area contributed by atoms with Gasteiger partial charge >= 0.3 is 11.9 Å². The van der Waals surface area contributed by atoms with Gasteiger partial charge < -0.3 is 15.2 Å². The monoisotopic (exact) mass is 531 g/mol. The number of hydrogen-bond donors (Lipinski definition) is 2. The normalized spacial score (nSPS) is 18.7. The molecule has 0 saturated carbocycles. The second-order valence-corrected chi connectivity index (χ2v) is 9.92. The Morgan fingerprint density at radius 3 is 2.55 bits per heavy atom. The van der Waals surface area contributed by atoms with Crippen molar-refractivity contribution < 1.29 is 27.2 Å². The summed E-state index contributed by atoms with van der Waals surface area (Å²) in [7, 11) is 1.68. The van der Waals surface area contributed by atoms with E-state index in [-0.39, 0.29) is 5.52 Å². The Labute approximate surface area is 217 Å². The van der Waals surface area contributed by atoms with E-state index in [1.807, 2.05) is 11.0 Å². The number of ether oxygens (including phenoxy) is 2. The van der Waals surface area contributed by atoms with Gasteiger partial charge in [-0.05, 0) is 29.3 Å². The fourth-order valence-corrected chi connectivity index (χ4v) is 5.02. The summed E-state index contributed by atoms with van der Waals surface area (Å²) in [6.07, 6.45) is -0.341. The Balaban J connectivity index is 1.57. The number of nitrogens with two attached hydrogens (primary N) is 1. The summed E-state index contributed by atoms with van der Waals surface area (Å²) in [5.41, 5.74) is 5.80. The average Bonchev–Trinajstić information content (AvgIpc) is 3.21. The molecule has 2 aliphatic heterocycles. The van der Waals surface area contributed by atoms with Crippen LogP contribution in [0.2, 0.25) is 0 Å². The van der Waals surface area contributed by atoms with Crippen LogP contribution >= 0.6 is 0 Å². The molecule has 0 radical (unpaired) electrons. The molecule has 2 saturated heterocycles. The molecule has 202 valence electrons. The summed E-state index contributed by atoms with van der Waals surface area (Å²) >= 11 is 0. The third kappa shape index (κ3) is 4.86. The van der Waals surface area contributed by atoms with Crippen molar-refractivity contribution in [2.45, 2.75) is 24.6 Å². The van der Waals surface area contributed by atoms with E-state index in [1.165, 1.54) is 21.5 Å². The van der Waals surface area contributed by atoms with Crippen LogP contribution in [0.25, 0.3) is 11.2 Å². The lowest BCUT2D eigenvalue weighted by Gasteiger charge is -2.41. The van der Waals surface area contributed by atoms with E-state index in [2.05, 4.69) is 0 Å². The number of amidine groups is 1. The fraction of sp³-hybridized carbons (Fsp3) is 0.423. The summed E-state index contributed by atoms with van der Waals surface area (Å²) in [5.74, 6) is 0.489. The lowest BCUT2D eigenvalue weighted by Crippen LogP contribution is -2.50. The first kappa shape index (κ1) is 26.1. The highest BCUT2D eigenvalue weighted by Gasteiger charge is 2.42. The van der Waals surface area contributed by atoms with Gasteiger partial charge in [0.25, 0.3) is 0 Å². The minimum absolute atomic E-state index is 0.203. The summed E-state index contributed by atoms with van der Waals surface area (Å²) in [4.78, 5) is 15.5. The van der Waals surface area contributed by atoms with Gasteiger partial charge in [-0.15, -0.1) is 0 Å². The van der Waals surface area contributed by atoms with Gasteiger partial charge in [0, 0.05) is 38.4 Å². The first-order valence-corrected chi connectivity index (χ1v) is 12.3. The van der Waals surface area contributed by atoms with Crippen molar-refractivity contribution in [3.8, 4) is 5.69 Å². The van der Waals surface area contributed by atoms with Crippen molar-refractivity contribution in [1.29, 1.82) is 5.41 Å². The number of nitrogens with one attached hydrogen (secondary N) is 1. The molecule has 4 heterocycles. The summed E-state index contributed by atoms with van der Waals surface area (Å²) in [5, 5.41) is 7.44. The topological polar surface area (TPSA) is 101 Å². The number of hydrogen-bond acceptors (Lipinski definition) is 5. The van der Waals surface area contributed by atoms with Crippen molar-refractivity contribution in [2.75, 3.05) is 46.6 Å². The number of aromatic nitrogens is 2. The van der Waals surface area contributed by atoms with Crippen LogP contribution in [0.15, 0.2) is 47.5 Å². The Kier molecular flexibility index (Phi) is 6.88. The molecule has 0 atom stereocenters. The largest absolute Gasteiger partial charge is 0.418 e. The highest BCUT2D eigenvalue weighted by Crippen LogP contribution is 2.37. The highest BCUT2D eigenvalue weighted by molar-refractivity contribution is 5.80. The zero-order chi connectivity index (χ0) is 27.1. The minimum Gasteiger partial charge on any atom is -0.379 e. The van der Waals surface area contributed by atoms with E-state index >= 15 is 0 Å². The fourth-order valence-electron chi connectivity index (χ4n) is 5.02. The Hall–Kier alpha value is -3.48. The molecular weight excluding hydrogens is 501 g/mol. The number of morpholine rings is 1. The molecule has 2 fully saturated rings. The van der Waals surface area contributed by atoms with Gasteiger partial charge in [0.1, 0.15) is 0 Å². The van der Waals surface area contributed by atoms with Gasteiger partial charge in [0.2, 0.25) is 6.34 Å². The lowest BCUT2D eigenvalue weighted by atomic mass is 9.75. The quantitative estimate of drug-likeness (QED) is 0.277. The van der Waals surface area contributed by atoms with Gasteiger partial charge in [-0.25, -0.2) is 9.37 Å². The van der Waals surface area contributed by atoms with Crippen LogP contribution < -0.4 is 11.4 Å². The number of rotatable bonds is 7. The van der Waals surface area contributed by atoms with Crippen LogP contribution in [0, 0.1) is 5.41 Å². The molecule has 2 aliphatic rings. The van der Waals surface area contributed by atoms with E-state index in [4.69, 9.17) is 20.6 Å². The second kappa shape index (κ2) is 10.0. The Bertz CT molecular complexity index is 1450. The molecule has 12 heteroatoms. The summed E-state index contributed by atoms with van der Waals surface area (Å²) < 4.78 is 57.0. The third-order valence-corrected chi connectivity index (χ3v) is 7.30. The average molecular weight is 532 g/mol.